The van der Waals surface area contributed by atoms with Crippen LogP contribution < -0.4 is 9.80 Å². The maximum Gasteiger partial charge on any atom is 0.354 e. The lowest BCUT2D eigenvalue weighted by Crippen LogP contribution is -2.46. The van der Waals surface area contributed by atoms with E-state index in [1.807, 2.05) is 12.1 Å². The number of aromatic hydroxyl groups is 2. The molecule has 0 saturated carbocycles. The molecule has 4 N–H and O–H groups in total. The molecule has 1 aliphatic rings. The number of aromatic carboxylic acids is 2. The summed E-state index contributed by atoms with van der Waals surface area (Å²) < 4.78 is 0. The first-order valence-electron chi connectivity index (χ1n) is 10.5. The number of rotatable bonds is 4. The quantitative estimate of drug-likeness (QED) is 0.358. The summed E-state index contributed by atoms with van der Waals surface area (Å²) in [7, 11) is 0. The number of carboxylic acid groups (broad SMARTS) is 2. The Balaban J connectivity index is 1.35. The average Bonchev–Trinajstić information content (AvgIpc) is 2.83. The number of carboxylic acids is 2. The number of nitrogens with zero attached hydrogens (tertiary/aromatic N) is 4. The first-order valence-corrected chi connectivity index (χ1v) is 10.5. The number of hydrogen-bond acceptors (Lipinski definition) is 8. The fourth-order valence-electron chi connectivity index (χ4n) is 4.23. The Bertz CT molecular complexity index is 1350. The van der Waals surface area contributed by atoms with Gasteiger partial charge in [0, 0.05) is 60.5 Å². The Morgan fingerprint density at radius 1 is 0.647 bits per heavy atom. The van der Waals surface area contributed by atoms with E-state index in [-0.39, 0.29) is 22.9 Å². The van der Waals surface area contributed by atoms with Crippen molar-refractivity contribution in [3.05, 3.63) is 59.9 Å². The van der Waals surface area contributed by atoms with Gasteiger partial charge in [0.15, 0.2) is 11.4 Å². The molecule has 0 amide bonds. The summed E-state index contributed by atoms with van der Waals surface area (Å²) in [4.78, 5) is 34.8. The second-order valence-electron chi connectivity index (χ2n) is 8.04. The maximum atomic E-state index is 11.2. The van der Waals surface area contributed by atoms with Gasteiger partial charge in [-0.25, -0.2) is 19.6 Å². The predicted octanol–water partition coefficient (Wildman–Crippen LogP) is 2.92. The third-order valence-corrected chi connectivity index (χ3v) is 5.99. The van der Waals surface area contributed by atoms with Crippen LogP contribution in [-0.2, 0) is 0 Å². The monoisotopic (exact) mass is 460 g/mol. The summed E-state index contributed by atoms with van der Waals surface area (Å²) >= 11 is 0. The van der Waals surface area contributed by atoms with Crippen LogP contribution in [0, 0.1) is 0 Å². The molecule has 0 radical (unpaired) electrons. The van der Waals surface area contributed by atoms with Gasteiger partial charge < -0.3 is 30.2 Å². The lowest BCUT2D eigenvalue weighted by molar-refractivity contribution is 0.0680. The number of anilines is 2. The van der Waals surface area contributed by atoms with Crippen molar-refractivity contribution in [1.82, 2.24) is 9.97 Å². The van der Waals surface area contributed by atoms with Crippen LogP contribution in [0.2, 0.25) is 0 Å². The standard InChI is InChI=1S/C24H20N4O6/c29-21-11-19(23(31)32)25-17-3-1-13(9-15(17)21)27-5-7-28(8-6-27)14-2-4-18-16(10-14)22(30)12-20(26-18)24(33)34/h1-4,9-12H,5-8H2,(H,25,29)(H,26,30)(H,31,32)(H,33,34). The zero-order valence-corrected chi connectivity index (χ0v) is 17.8. The van der Waals surface area contributed by atoms with E-state index in [1.165, 1.54) is 0 Å². The lowest BCUT2D eigenvalue weighted by Gasteiger charge is -2.37. The van der Waals surface area contributed by atoms with E-state index in [9.17, 15) is 19.8 Å². The van der Waals surface area contributed by atoms with Gasteiger partial charge >= 0.3 is 11.9 Å². The van der Waals surface area contributed by atoms with Gasteiger partial charge in [-0.1, -0.05) is 0 Å². The normalized spacial score (nSPS) is 14.0. The Hall–Kier alpha value is -4.60. The number of pyridine rings is 2. The number of hydrogen-bond donors (Lipinski definition) is 4. The van der Waals surface area contributed by atoms with E-state index >= 15 is 0 Å². The van der Waals surface area contributed by atoms with Crippen molar-refractivity contribution in [3.63, 3.8) is 0 Å². The molecule has 1 saturated heterocycles. The smallest absolute Gasteiger partial charge is 0.354 e. The van der Waals surface area contributed by atoms with Crippen LogP contribution in [0.15, 0.2) is 48.5 Å². The molecule has 5 rings (SSSR count). The van der Waals surface area contributed by atoms with Gasteiger partial charge in [0.05, 0.1) is 11.0 Å². The molecule has 10 heteroatoms. The fourth-order valence-corrected chi connectivity index (χ4v) is 4.23. The van der Waals surface area contributed by atoms with Gasteiger partial charge in [-0.15, -0.1) is 0 Å². The van der Waals surface area contributed by atoms with E-state index in [0.717, 1.165) is 23.5 Å². The summed E-state index contributed by atoms with van der Waals surface area (Å²) in [5.74, 6) is -2.65. The van der Waals surface area contributed by atoms with Crippen LogP contribution >= 0.6 is 0 Å². The molecule has 0 bridgehead atoms. The second-order valence-corrected chi connectivity index (χ2v) is 8.04. The van der Waals surface area contributed by atoms with Crippen molar-refractivity contribution in [2.75, 3.05) is 36.0 Å². The minimum Gasteiger partial charge on any atom is -0.507 e. The van der Waals surface area contributed by atoms with Crippen LogP contribution in [0.3, 0.4) is 0 Å². The highest BCUT2D eigenvalue weighted by Crippen LogP contribution is 2.31. The molecule has 0 aliphatic carbocycles. The molecule has 172 valence electrons. The van der Waals surface area contributed by atoms with Gasteiger partial charge in [0.25, 0.3) is 0 Å². The number of benzene rings is 2. The first kappa shape index (κ1) is 21.3. The molecule has 1 fully saturated rings. The SMILES string of the molecule is O=C(O)c1cc(O)c2cc(N3CCN(c4ccc5nc(C(=O)O)cc(O)c5c4)CC3)ccc2n1. The van der Waals surface area contributed by atoms with Crippen LogP contribution in [0.1, 0.15) is 21.0 Å². The van der Waals surface area contributed by atoms with Gasteiger partial charge in [0.1, 0.15) is 11.5 Å². The molecule has 2 aromatic heterocycles. The Labute approximate surface area is 192 Å². The van der Waals surface area contributed by atoms with E-state index in [4.69, 9.17) is 10.2 Å². The minimum atomic E-state index is -1.20. The van der Waals surface area contributed by atoms with Crippen LogP contribution in [0.4, 0.5) is 11.4 Å². The van der Waals surface area contributed by atoms with Crippen molar-refractivity contribution >= 4 is 45.1 Å². The summed E-state index contributed by atoms with van der Waals surface area (Å²) in [6, 6.07) is 13.0. The molecule has 1 aliphatic heterocycles. The van der Waals surface area contributed by atoms with Crippen LogP contribution in [-0.4, -0.2) is 68.5 Å². The molecule has 0 spiro atoms. The fraction of sp³-hybridized carbons (Fsp3) is 0.167. The molecule has 0 unspecified atom stereocenters. The zero-order valence-electron chi connectivity index (χ0n) is 17.8. The highest BCUT2D eigenvalue weighted by Gasteiger charge is 2.20. The molecule has 2 aromatic carbocycles. The van der Waals surface area contributed by atoms with Crippen LogP contribution in [0.25, 0.3) is 21.8 Å². The van der Waals surface area contributed by atoms with Crippen molar-refractivity contribution in [2.24, 2.45) is 0 Å². The third kappa shape index (κ3) is 3.75. The highest BCUT2D eigenvalue weighted by molar-refractivity contribution is 5.95. The average molecular weight is 460 g/mol. The molecular weight excluding hydrogens is 440 g/mol. The lowest BCUT2D eigenvalue weighted by atomic mass is 10.1. The zero-order chi connectivity index (χ0) is 24.0. The summed E-state index contributed by atoms with van der Waals surface area (Å²) in [5.41, 5.74) is 2.21. The summed E-state index contributed by atoms with van der Waals surface area (Å²) in [5, 5.41) is 39.8. The van der Waals surface area contributed by atoms with E-state index < -0.39 is 11.9 Å². The Morgan fingerprint density at radius 3 is 1.38 bits per heavy atom. The summed E-state index contributed by atoms with van der Waals surface area (Å²) in [6.07, 6.45) is 0. The van der Waals surface area contributed by atoms with Crippen molar-refractivity contribution in [2.45, 2.75) is 0 Å². The molecule has 34 heavy (non-hydrogen) atoms. The molecule has 10 nitrogen and oxygen atoms in total. The Kier molecular flexibility index (Phi) is 5.05. The van der Waals surface area contributed by atoms with Gasteiger partial charge in [0.2, 0.25) is 0 Å². The predicted molar refractivity (Wildman–Crippen MR) is 125 cm³/mol. The number of carbonyl (C=O) groups is 2. The van der Waals surface area contributed by atoms with E-state index in [2.05, 4.69) is 19.8 Å². The molecule has 3 heterocycles. The summed E-state index contributed by atoms with van der Waals surface area (Å²) in [6.45, 7) is 2.81. The Morgan fingerprint density at radius 2 is 1.03 bits per heavy atom. The number of piperazine rings is 1. The van der Waals surface area contributed by atoms with Gasteiger partial charge in [-0.2, -0.15) is 0 Å². The number of fused-ring (bicyclic) bond motifs is 2. The topological polar surface area (TPSA) is 147 Å². The largest absolute Gasteiger partial charge is 0.507 e. The van der Waals surface area contributed by atoms with Crippen molar-refractivity contribution in [3.8, 4) is 11.5 Å². The van der Waals surface area contributed by atoms with E-state index in [0.29, 0.717) is 48.0 Å². The highest BCUT2D eigenvalue weighted by atomic mass is 16.4. The first-order chi connectivity index (χ1) is 16.3. The van der Waals surface area contributed by atoms with Crippen LogP contribution in [0.5, 0.6) is 11.5 Å². The maximum absolute atomic E-state index is 11.2. The second kappa shape index (κ2) is 8.07. The molecule has 0 atom stereocenters. The van der Waals surface area contributed by atoms with Gasteiger partial charge in [-0.05, 0) is 36.4 Å². The third-order valence-electron chi connectivity index (χ3n) is 5.99. The minimum absolute atomic E-state index is 0.126. The van der Waals surface area contributed by atoms with E-state index in [1.54, 1.807) is 24.3 Å². The molecular formula is C24H20N4O6. The van der Waals surface area contributed by atoms with Gasteiger partial charge in [-0.3, -0.25) is 0 Å². The molecule has 4 aromatic rings. The van der Waals surface area contributed by atoms with Crippen molar-refractivity contribution < 1.29 is 30.0 Å². The number of aromatic nitrogens is 2. The van der Waals surface area contributed by atoms with Crippen molar-refractivity contribution in [1.29, 1.82) is 0 Å².